The summed E-state index contributed by atoms with van der Waals surface area (Å²) in [5.41, 5.74) is 6.97. The smallest absolute Gasteiger partial charge is 0.481 e. The number of carbonyl (C=O) groups excluding carboxylic acids is 2. The number of urea groups is 1. The summed E-state index contributed by atoms with van der Waals surface area (Å²) in [5, 5.41) is 10.9. The van der Waals surface area contributed by atoms with Crippen LogP contribution in [0.4, 0.5) is 18.0 Å². The number of hydrogen-bond acceptors (Lipinski definition) is 6. The second-order valence-electron chi connectivity index (χ2n) is 10.4. The van der Waals surface area contributed by atoms with Gasteiger partial charge >= 0.3 is 18.4 Å². The van der Waals surface area contributed by atoms with Crippen molar-refractivity contribution in [3.8, 4) is 5.75 Å². The summed E-state index contributed by atoms with van der Waals surface area (Å²) in [6.45, 7) is 2.09. The Morgan fingerprint density at radius 3 is 2.23 bits per heavy atom. The highest BCUT2D eigenvalue weighted by atomic mass is 19.4. The summed E-state index contributed by atoms with van der Waals surface area (Å²) in [4.78, 5) is 38.8. The highest BCUT2D eigenvalue weighted by molar-refractivity contribution is 6.07. The molecule has 0 bridgehead atoms. The molecule has 3 fully saturated rings. The van der Waals surface area contributed by atoms with Crippen LogP contribution >= 0.6 is 0 Å². The second kappa shape index (κ2) is 12.3. The molecule has 0 radical (unpaired) electrons. The maximum absolute atomic E-state index is 13.1. The van der Waals surface area contributed by atoms with Gasteiger partial charge in [0.15, 0.2) is 0 Å². The Morgan fingerprint density at radius 1 is 1.07 bits per heavy atom. The number of imide groups is 1. The lowest BCUT2D eigenvalue weighted by molar-refractivity contribution is -0.274. The largest absolute Gasteiger partial charge is 0.573 e. The maximum Gasteiger partial charge on any atom is 0.573 e. The minimum Gasteiger partial charge on any atom is -0.481 e. The molecule has 4 N–H and O–H groups in total. The number of piperidine rings is 1. The van der Waals surface area contributed by atoms with Gasteiger partial charge in [0.05, 0.1) is 12.5 Å². The van der Waals surface area contributed by atoms with Gasteiger partial charge in [-0.3, -0.25) is 14.5 Å². The molecule has 216 valence electrons. The Labute approximate surface area is 230 Å². The van der Waals surface area contributed by atoms with E-state index in [-0.39, 0.29) is 30.2 Å². The highest BCUT2D eigenvalue weighted by Gasteiger charge is 2.52. The molecule has 9 nitrogen and oxygen atoms in total. The van der Waals surface area contributed by atoms with Crippen molar-refractivity contribution in [3.05, 3.63) is 65.7 Å². The number of carbonyl (C=O) groups is 3. The van der Waals surface area contributed by atoms with Gasteiger partial charge in [-0.2, -0.15) is 0 Å². The normalized spacial score (nSPS) is 19.6. The van der Waals surface area contributed by atoms with Crippen molar-refractivity contribution in [2.45, 2.75) is 56.6 Å². The summed E-state index contributed by atoms with van der Waals surface area (Å²) in [6, 6.07) is 14.5. The van der Waals surface area contributed by atoms with E-state index in [2.05, 4.69) is 15.0 Å². The van der Waals surface area contributed by atoms with Crippen LogP contribution in [-0.2, 0) is 16.1 Å². The van der Waals surface area contributed by atoms with E-state index in [4.69, 9.17) is 10.8 Å². The first kappa shape index (κ1) is 29.3. The Kier molecular flexibility index (Phi) is 8.99. The lowest BCUT2D eigenvalue weighted by atomic mass is 9.87. The number of alkyl halides is 3. The van der Waals surface area contributed by atoms with Gasteiger partial charge in [-0.15, -0.1) is 13.2 Å². The Bertz CT molecular complexity index is 1180. The number of carboxylic acid groups (broad SMARTS) is 1. The van der Waals surface area contributed by atoms with Gasteiger partial charge in [0.25, 0.3) is 5.91 Å². The molecule has 2 aliphatic heterocycles. The number of nitrogens with zero attached hydrogens (tertiary/aromatic N) is 2. The van der Waals surface area contributed by atoms with Crippen LogP contribution < -0.4 is 15.8 Å². The monoisotopic (exact) mass is 562 g/mol. The van der Waals surface area contributed by atoms with Gasteiger partial charge < -0.3 is 25.8 Å². The van der Waals surface area contributed by atoms with Gasteiger partial charge in [0.2, 0.25) is 0 Å². The van der Waals surface area contributed by atoms with Crippen molar-refractivity contribution in [2.24, 2.45) is 11.7 Å². The molecule has 1 aliphatic carbocycles. The fourth-order valence-corrected chi connectivity index (χ4v) is 4.81. The molecule has 2 aromatic rings. The summed E-state index contributed by atoms with van der Waals surface area (Å²) >= 11 is 0. The number of rotatable bonds is 8. The van der Waals surface area contributed by atoms with Gasteiger partial charge in [0.1, 0.15) is 11.3 Å². The molecule has 2 saturated heterocycles. The molecule has 0 unspecified atom stereocenters. The lowest BCUT2D eigenvalue weighted by Crippen LogP contribution is -2.55. The summed E-state index contributed by atoms with van der Waals surface area (Å²) < 4.78 is 40.8. The molecule has 3 aliphatic rings. The first-order valence-corrected chi connectivity index (χ1v) is 13.2. The predicted octanol–water partition coefficient (Wildman–Crippen LogP) is 4.04. The average Bonchev–Trinajstić information content (AvgIpc) is 3.75. The van der Waals surface area contributed by atoms with Crippen molar-refractivity contribution >= 4 is 17.9 Å². The fourth-order valence-electron chi connectivity index (χ4n) is 4.81. The van der Waals surface area contributed by atoms with E-state index in [1.807, 2.05) is 30.3 Å². The number of benzene rings is 2. The summed E-state index contributed by atoms with van der Waals surface area (Å²) in [6.07, 6.45) is -1.21. The van der Waals surface area contributed by atoms with Crippen LogP contribution in [0, 0.1) is 5.92 Å². The number of aliphatic carboxylic acids is 1. The topological polar surface area (TPSA) is 125 Å². The van der Waals surface area contributed by atoms with Crippen LogP contribution in [0.2, 0.25) is 0 Å². The number of nitrogens with two attached hydrogens (primary N) is 1. The maximum atomic E-state index is 13.1. The molecule has 12 heteroatoms. The van der Waals surface area contributed by atoms with Crippen LogP contribution in [0.25, 0.3) is 0 Å². The number of carboxylic acids is 1. The molecule has 1 saturated carbocycles. The predicted molar refractivity (Wildman–Crippen MR) is 139 cm³/mol. The zero-order valence-electron chi connectivity index (χ0n) is 21.9. The van der Waals surface area contributed by atoms with Crippen LogP contribution in [0.1, 0.15) is 49.3 Å². The number of likely N-dealkylation sites (tertiary alicyclic amines) is 1. The molecule has 40 heavy (non-hydrogen) atoms. The number of nitrogens with one attached hydrogen (secondary N) is 1. The SMILES string of the molecule is N[C@@H](CCN1CCC2(CC1)NC(=O)N(Cc1ccc(OC(F)(F)F)cc1)C2=O)c1ccccc1.O=C(O)C1CC1. The third-order valence-electron chi connectivity index (χ3n) is 7.36. The number of hydrogen-bond donors (Lipinski definition) is 3. The van der Waals surface area contributed by atoms with E-state index in [1.165, 1.54) is 12.1 Å². The molecule has 3 amide bonds. The number of ether oxygens (including phenoxy) is 1. The Morgan fingerprint density at radius 2 is 1.70 bits per heavy atom. The van der Waals surface area contributed by atoms with Gasteiger partial charge in [0, 0.05) is 19.1 Å². The Hall–Kier alpha value is -3.64. The number of amides is 3. The average molecular weight is 563 g/mol. The van der Waals surface area contributed by atoms with Gasteiger partial charge in [-0.05, 0) is 61.9 Å². The van der Waals surface area contributed by atoms with Crippen molar-refractivity contribution in [2.75, 3.05) is 19.6 Å². The third-order valence-corrected chi connectivity index (χ3v) is 7.36. The molecule has 0 aromatic heterocycles. The fraction of sp³-hybridized carbons (Fsp3) is 0.464. The van der Waals surface area contributed by atoms with Crippen LogP contribution in [0.15, 0.2) is 54.6 Å². The van der Waals surface area contributed by atoms with Crippen molar-refractivity contribution in [3.63, 3.8) is 0 Å². The van der Waals surface area contributed by atoms with Gasteiger partial charge in [-0.25, -0.2) is 4.79 Å². The summed E-state index contributed by atoms with van der Waals surface area (Å²) in [5.74, 6) is -1.27. The Balaban J connectivity index is 0.000000546. The molecular formula is C28H33F3N4O5. The second-order valence-corrected chi connectivity index (χ2v) is 10.4. The molecule has 5 rings (SSSR count). The minimum atomic E-state index is -4.78. The number of halogens is 3. The van der Waals surface area contributed by atoms with E-state index in [0.29, 0.717) is 31.5 Å². The highest BCUT2D eigenvalue weighted by Crippen LogP contribution is 2.31. The van der Waals surface area contributed by atoms with Crippen LogP contribution in [0.3, 0.4) is 0 Å². The van der Waals surface area contributed by atoms with Crippen molar-refractivity contribution < 1.29 is 37.4 Å². The van der Waals surface area contributed by atoms with E-state index < -0.39 is 23.9 Å². The first-order chi connectivity index (χ1) is 19.0. The van der Waals surface area contributed by atoms with Crippen molar-refractivity contribution in [1.29, 1.82) is 0 Å². The van der Waals surface area contributed by atoms with E-state index in [9.17, 15) is 27.6 Å². The summed E-state index contributed by atoms with van der Waals surface area (Å²) in [7, 11) is 0. The molecule has 1 spiro atoms. The standard InChI is InChI=1S/C24H27F3N4O3.C4H6O2/c25-24(26,27)34-19-8-6-17(7-9-19)16-31-21(32)23(29-22(31)33)11-14-30(15-12-23)13-10-20(28)18-4-2-1-3-5-18;5-4(6)3-1-2-3/h1-9,20H,10-16,28H2,(H,29,33);3H,1-2H2,(H,5,6)/t20-;/m0./s1. The van der Waals surface area contributed by atoms with E-state index >= 15 is 0 Å². The molecule has 1 atom stereocenters. The zero-order valence-corrected chi connectivity index (χ0v) is 21.9. The molecule has 2 aromatic carbocycles. The first-order valence-electron chi connectivity index (χ1n) is 13.2. The van der Waals surface area contributed by atoms with E-state index in [0.717, 1.165) is 48.4 Å². The van der Waals surface area contributed by atoms with Crippen LogP contribution in [0.5, 0.6) is 5.75 Å². The van der Waals surface area contributed by atoms with Gasteiger partial charge in [-0.1, -0.05) is 42.5 Å². The van der Waals surface area contributed by atoms with E-state index in [1.54, 1.807) is 0 Å². The quantitative estimate of drug-likeness (QED) is 0.415. The van der Waals surface area contributed by atoms with Crippen LogP contribution in [-0.4, -0.2) is 64.3 Å². The molecular weight excluding hydrogens is 529 g/mol. The molecule has 2 heterocycles. The van der Waals surface area contributed by atoms with Crippen molar-refractivity contribution in [1.82, 2.24) is 15.1 Å². The zero-order chi connectivity index (χ0) is 28.9. The minimum absolute atomic E-state index is 0.0185. The third kappa shape index (κ3) is 7.72. The lowest BCUT2D eigenvalue weighted by Gasteiger charge is -2.37.